The average molecular weight is 297 g/mol. The first-order valence-electron chi connectivity index (χ1n) is 6.02. The van der Waals surface area contributed by atoms with Gasteiger partial charge in [-0.1, -0.05) is 18.2 Å². The number of hydrogen-bond donors (Lipinski definition) is 1. The number of rotatable bonds is 4. The van der Waals surface area contributed by atoms with Crippen molar-refractivity contribution < 1.29 is 8.42 Å². The lowest BCUT2D eigenvalue weighted by Crippen LogP contribution is -2.15. The van der Waals surface area contributed by atoms with E-state index < -0.39 is 10.0 Å². The summed E-state index contributed by atoms with van der Waals surface area (Å²) >= 11 is 0. The summed E-state index contributed by atoms with van der Waals surface area (Å²) in [5.41, 5.74) is 1.79. The van der Waals surface area contributed by atoms with Crippen LogP contribution in [0.25, 0.3) is 0 Å². The van der Waals surface area contributed by atoms with Gasteiger partial charge in [0, 0.05) is 5.69 Å². The van der Waals surface area contributed by atoms with E-state index in [0.29, 0.717) is 22.4 Å². The second-order valence-corrected chi connectivity index (χ2v) is 6.08. The van der Waals surface area contributed by atoms with Gasteiger partial charge in [-0.05, 0) is 35.9 Å². The van der Waals surface area contributed by atoms with Gasteiger partial charge >= 0.3 is 0 Å². The molecule has 0 saturated heterocycles. The van der Waals surface area contributed by atoms with Crippen molar-refractivity contribution in [1.82, 2.24) is 0 Å². The Bertz CT molecular complexity index is 828. The number of hydrogen-bond acceptors (Lipinski definition) is 4. The van der Waals surface area contributed by atoms with Gasteiger partial charge < -0.3 is 0 Å². The van der Waals surface area contributed by atoms with Crippen LogP contribution in [-0.4, -0.2) is 8.42 Å². The molecule has 0 amide bonds. The SMILES string of the molecule is N#Cc1ccc(CS(=O)(=O)Nc2cccc(C#N)c2)cc1. The molecule has 0 aliphatic heterocycles. The van der Waals surface area contributed by atoms with Crippen molar-refractivity contribution in [3.05, 3.63) is 65.2 Å². The molecule has 2 aromatic carbocycles. The minimum atomic E-state index is -3.57. The molecule has 0 unspecified atom stereocenters. The molecule has 2 aromatic rings. The van der Waals surface area contributed by atoms with Gasteiger partial charge in [0.15, 0.2) is 0 Å². The van der Waals surface area contributed by atoms with Gasteiger partial charge in [-0.2, -0.15) is 10.5 Å². The summed E-state index contributed by atoms with van der Waals surface area (Å²) in [5.74, 6) is -0.199. The number of anilines is 1. The number of benzene rings is 2. The van der Waals surface area contributed by atoms with Crippen LogP contribution in [0.5, 0.6) is 0 Å². The maximum absolute atomic E-state index is 12.1. The van der Waals surface area contributed by atoms with Crippen LogP contribution in [0.3, 0.4) is 0 Å². The Morgan fingerprint density at radius 3 is 2.24 bits per heavy atom. The number of nitrogens with one attached hydrogen (secondary N) is 1. The Balaban J connectivity index is 2.14. The molecular weight excluding hydrogens is 286 g/mol. The monoisotopic (exact) mass is 297 g/mol. The minimum Gasteiger partial charge on any atom is -0.283 e. The van der Waals surface area contributed by atoms with E-state index in [4.69, 9.17) is 10.5 Å². The topological polar surface area (TPSA) is 93.8 Å². The van der Waals surface area contributed by atoms with Crippen LogP contribution in [-0.2, 0) is 15.8 Å². The van der Waals surface area contributed by atoms with Crippen LogP contribution in [0.2, 0.25) is 0 Å². The molecule has 104 valence electrons. The van der Waals surface area contributed by atoms with Crippen molar-refractivity contribution in [3.8, 4) is 12.1 Å². The van der Waals surface area contributed by atoms with Gasteiger partial charge in [-0.3, -0.25) is 4.72 Å². The second-order valence-electron chi connectivity index (χ2n) is 4.36. The van der Waals surface area contributed by atoms with Crippen LogP contribution in [0.15, 0.2) is 48.5 Å². The summed E-state index contributed by atoms with van der Waals surface area (Å²) in [5, 5.41) is 17.5. The second kappa shape index (κ2) is 6.08. The van der Waals surface area contributed by atoms with Crippen LogP contribution < -0.4 is 4.72 Å². The molecule has 0 aliphatic rings. The molecule has 1 N–H and O–H groups in total. The summed E-state index contributed by atoms with van der Waals surface area (Å²) in [7, 11) is -3.57. The van der Waals surface area contributed by atoms with Crippen molar-refractivity contribution in [2.45, 2.75) is 5.75 Å². The predicted octanol–water partition coefficient (Wildman–Crippen LogP) is 2.37. The van der Waals surface area contributed by atoms with Gasteiger partial charge in [-0.25, -0.2) is 8.42 Å². The molecule has 0 spiro atoms. The molecule has 0 saturated carbocycles. The van der Waals surface area contributed by atoms with Gasteiger partial charge in [0.25, 0.3) is 0 Å². The predicted molar refractivity (Wildman–Crippen MR) is 78.6 cm³/mol. The maximum atomic E-state index is 12.1. The van der Waals surface area contributed by atoms with E-state index in [0.717, 1.165) is 0 Å². The molecule has 21 heavy (non-hydrogen) atoms. The molecule has 0 bridgehead atoms. The molecular formula is C15H11N3O2S. The lowest BCUT2D eigenvalue weighted by molar-refractivity contribution is 0.600. The fourth-order valence-electron chi connectivity index (χ4n) is 1.76. The third-order valence-corrected chi connectivity index (χ3v) is 3.96. The summed E-state index contributed by atoms with van der Waals surface area (Å²) in [4.78, 5) is 0. The number of nitriles is 2. The number of sulfonamides is 1. The Labute approximate surface area is 123 Å². The summed E-state index contributed by atoms with van der Waals surface area (Å²) < 4.78 is 26.6. The molecule has 6 heteroatoms. The number of nitrogens with zero attached hydrogens (tertiary/aromatic N) is 2. The summed E-state index contributed by atoms with van der Waals surface area (Å²) in [6.45, 7) is 0. The summed E-state index contributed by atoms with van der Waals surface area (Å²) in [6, 6.07) is 16.5. The Hall–Kier alpha value is -2.83. The van der Waals surface area contributed by atoms with Crippen molar-refractivity contribution in [3.63, 3.8) is 0 Å². The van der Waals surface area contributed by atoms with Crippen molar-refractivity contribution in [2.75, 3.05) is 4.72 Å². The zero-order valence-electron chi connectivity index (χ0n) is 10.9. The smallest absolute Gasteiger partial charge is 0.236 e. The van der Waals surface area contributed by atoms with Gasteiger partial charge in [-0.15, -0.1) is 0 Å². The zero-order valence-corrected chi connectivity index (χ0v) is 11.8. The third-order valence-electron chi connectivity index (χ3n) is 2.70. The fraction of sp³-hybridized carbons (Fsp3) is 0.0667. The van der Waals surface area contributed by atoms with Crippen LogP contribution in [0.4, 0.5) is 5.69 Å². The Morgan fingerprint density at radius 1 is 0.952 bits per heavy atom. The van der Waals surface area contributed by atoms with Crippen molar-refractivity contribution in [1.29, 1.82) is 10.5 Å². The third kappa shape index (κ3) is 4.07. The zero-order chi connectivity index (χ0) is 15.3. The molecule has 0 atom stereocenters. The van der Waals surface area contributed by atoms with Crippen LogP contribution in [0, 0.1) is 22.7 Å². The maximum Gasteiger partial charge on any atom is 0.236 e. The first kappa shape index (κ1) is 14.6. The average Bonchev–Trinajstić information content (AvgIpc) is 2.47. The van der Waals surface area contributed by atoms with Crippen LogP contribution in [0.1, 0.15) is 16.7 Å². The highest BCUT2D eigenvalue weighted by Crippen LogP contribution is 2.14. The van der Waals surface area contributed by atoms with E-state index in [1.54, 1.807) is 42.5 Å². The van der Waals surface area contributed by atoms with E-state index >= 15 is 0 Å². The molecule has 5 nitrogen and oxygen atoms in total. The highest BCUT2D eigenvalue weighted by molar-refractivity contribution is 7.91. The van der Waals surface area contributed by atoms with Gasteiger partial charge in [0.2, 0.25) is 10.0 Å². The summed E-state index contributed by atoms with van der Waals surface area (Å²) in [6.07, 6.45) is 0. The lowest BCUT2D eigenvalue weighted by Gasteiger charge is -2.08. The Morgan fingerprint density at radius 2 is 1.62 bits per heavy atom. The van der Waals surface area contributed by atoms with Crippen molar-refractivity contribution in [2.24, 2.45) is 0 Å². The highest BCUT2D eigenvalue weighted by atomic mass is 32.2. The molecule has 0 aliphatic carbocycles. The van der Waals surface area contributed by atoms with E-state index in [-0.39, 0.29) is 5.75 Å². The lowest BCUT2D eigenvalue weighted by atomic mass is 10.2. The molecule has 0 aromatic heterocycles. The normalized spacial score (nSPS) is 10.4. The van der Waals surface area contributed by atoms with Crippen LogP contribution >= 0.6 is 0 Å². The fourth-order valence-corrected chi connectivity index (χ4v) is 2.95. The Kier molecular flexibility index (Phi) is 4.22. The van der Waals surface area contributed by atoms with Crippen molar-refractivity contribution >= 4 is 15.7 Å². The van der Waals surface area contributed by atoms with Gasteiger partial charge in [0.05, 0.1) is 29.0 Å². The first-order valence-corrected chi connectivity index (χ1v) is 7.67. The standard InChI is InChI=1S/C15H11N3O2S/c16-9-12-4-6-13(7-5-12)11-21(19,20)18-15-3-1-2-14(8-15)10-17/h1-8,18H,11H2. The van der Waals surface area contributed by atoms with E-state index in [1.165, 1.54) is 6.07 Å². The molecule has 2 rings (SSSR count). The molecule has 0 fully saturated rings. The van der Waals surface area contributed by atoms with E-state index in [9.17, 15) is 8.42 Å². The van der Waals surface area contributed by atoms with E-state index in [1.807, 2.05) is 12.1 Å². The minimum absolute atomic E-state index is 0.199. The van der Waals surface area contributed by atoms with Gasteiger partial charge in [0.1, 0.15) is 0 Å². The molecule has 0 heterocycles. The highest BCUT2D eigenvalue weighted by Gasteiger charge is 2.12. The van der Waals surface area contributed by atoms with E-state index in [2.05, 4.69) is 4.72 Å². The largest absolute Gasteiger partial charge is 0.283 e. The quantitative estimate of drug-likeness (QED) is 0.937. The first-order chi connectivity index (χ1) is 10.0. The molecule has 0 radical (unpaired) electrons.